The molecule has 0 fully saturated rings. The number of aryl methyl sites for hydroxylation is 2. The molecule has 0 unspecified atom stereocenters. The van der Waals surface area contributed by atoms with Gasteiger partial charge in [0.25, 0.3) is 0 Å². The van der Waals surface area contributed by atoms with Crippen LogP contribution in [0.15, 0.2) is 48.7 Å². The van der Waals surface area contributed by atoms with Crippen molar-refractivity contribution in [2.45, 2.75) is 26.4 Å². The van der Waals surface area contributed by atoms with E-state index in [1.54, 1.807) is 37.4 Å². The summed E-state index contributed by atoms with van der Waals surface area (Å²) in [5.41, 5.74) is 3.12. The highest BCUT2D eigenvalue weighted by molar-refractivity contribution is 5.67. The van der Waals surface area contributed by atoms with Gasteiger partial charge in [0.1, 0.15) is 11.4 Å². The van der Waals surface area contributed by atoms with Crippen molar-refractivity contribution >= 4 is 0 Å². The van der Waals surface area contributed by atoms with Crippen LogP contribution < -0.4 is 4.74 Å². The third kappa shape index (κ3) is 4.21. The molecule has 1 aromatic carbocycles. The number of aromatic nitrogens is 3. The van der Waals surface area contributed by atoms with Crippen LogP contribution in [0.5, 0.6) is 5.75 Å². The van der Waals surface area contributed by atoms with Crippen molar-refractivity contribution in [3.63, 3.8) is 0 Å². The van der Waals surface area contributed by atoms with E-state index in [-0.39, 0.29) is 5.75 Å². The highest BCUT2D eigenvalue weighted by atomic mass is 19.3. The van der Waals surface area contributed by atoms with Gasteiger partial charge in [-0.05, 0) is 55.8 Å². The highest BCUT2D eigenvalue weighted by Crippen LogP contribution is 2.31. The van der Waals surface area contributed by atoms with Crippen molar-refractivity contribution < 1.29 is 22.3 Å². The first kappa shape index (κ1) is 18.8. The SMILES string of the molecule is Cc1ccnc(-c2cccc(-c3ccc(OC(F)(F)C(F)F)cc3C)n2)n1. The lowest BCUT2D eigenvalue weighted by Gasteiger charge is -2.17. The van der Waals surface area contributed by atoms with Crippen LogP contribution in [0.4, 0.5) is 17.6 Å². The zero-order chi connectivity index (χ0) is 19.6. The van der Waals surface area contributed by atoms with E-state index in [1.165, 1.54) is 18.2 Å². The normalized spacial score (nSPS) is 11.7. The molecule has 0 N–H and O–H groups in total. The van der Waals surface area contributed by atoms with E-state index < -0.39 is 12.5 Å². The van der Waals surface area contributed by atoms with Gasteiger partial charge in [-0.3, -0.25) is 0 Å². The summed E-state index contributed by atoms with van der Waals surface area (Å²) >= 11 is 0. The fourth-order valence-corrected chi connectivity index (χ4v) is 2.47. The molecular weight excluding hydrogens is 362 g/mol. The quantitative estimate of drug-likeness (QED) is 0.583. The molecule has 0 saturated carbocycles. The maximum atomic E-state index is 13.1. The number of hydrogen-bond acceptors (Lipinski definition) is 4. The Balaban J connectivity index is 1.92. The van der Waals surface area contributed by atoms with E-state index in [4.69, 9.17) is 0 Å². The second-order valence-electron chi connectivity index (χ2n) is 5.87. The number of hydrogen-bond donors (Lipinski definition) is 0. The monoisotopic (exact) mass is 377 g/mol. The maximum absolute atomic E-state index is 13.1. The third-order valence-electron chi connectivity index (χ3n) is 3.75. The third-order valence-corrected chi connectivity index (χ3v) is 3.75. The standard InChI is InChI=1S/C19H15F4N3O/c1-11-10-13(27-19(22,23)18(20)21)6-7-14(11)15-4-3-5-16(26-15)17-24-9-8-12(2)25-17/h3-10,18H,1-2H3. The maximum Gasteiger partial charge on any atom is 0.461 e. The summed E-state index contributed by atoms with van der Waals surface area (Å²) in [4.78, 5) is 13.0. The molecule has 0 saturated heterocycles. The molecule has 0 radical (unpaired) electrons. The molecule has 27 heavy (non-hydrogen) atoms. The molecule has 3 rings (SSSR count). The minimum absolute atomic E-state index is 0.347. The Hall–Kier alpha value is -3.03. The van der Waals surface area contributed by atoms with E-state index in [0.29, 0.717) is 28.3 Å². The molecule has 2 aromatic heterocycles. The number of benzene rings is 1. The fraction of sp³-hybridized carbons (Fsp3) is 0.211. The van der Waals surface area contributed by atoms with Crippen molar-refractivity contribution in [2.24, 2.45) is 0 Å². The number of pyridine rings is 1. The number of ether oxygens (including phenoxy) is 1. The van der Waals surface area contributed by atoms with Crippen LogP contribution in [-0.2, 0) is 0 Å². The van der Waals surface area contributed by atoms with Gasteiger partial charge in [-0.2, -0.15) is 17.6 Å². The van der Waals surface area contributed by atoms with Gasteiger partial charge in [-0.1, -0.05) is 6.07 Å². The summed E-state index contributed by atoms with van der Waals surface area (Å²) < 4.78 is 54.8. The van der Waals surface area contributed by atoms with Gasteiger partial charge in [0, 0.05) is 17.5 Å². The molecule has 0 aliphatic carbocycles. The summed E-state index contributed by atoms with van der Waals surface area (Å²) in [7, 11) is 0. The molecule has 0 amide bonds. The van der Waals surface area contributed by atoms with Crippen molar-refractivity contribution in [1.29, 1.82) is 0 Å². The Labute approximate surface area is 152 Å². The molecule has 0 aliphatic rings. The molecule has 2 heterocycles. The van der Waals surface area contributed by atoms with Crippen LogP contribution >= 0.6 is 0 Å². The van der Waals surface area contributed by atoms with Gasteiger partial charge in [0.15, 0.2) is 5.82 Å². The van der Waals surface area contributed by atoms with Crippen LogP contribution in [0, 0.1) is 13.8 Å². The van der Waals surface area contributed by atoms with Gasteiger partial charge in [-0.15, -0.1) is 0 Å². The van der Waals surface area contributed by atoms with Gasteiger partial charge in [-0.25, -0.2) is 15.0 Å². The van der Waals surface area contributed by atoms with Gasteiger partial charge >= 0.3 is 12.5 Å². The van der Waals surface area contributed by atoms with Crippen LogP contribution in [-0.4, -0.2) is 27.5 Å². The van der Waals surface area contributed by atoms with Crippen molar-refractivity contribution in [2.75, 3.05) is 0 Å². The summed E-state index contributed by atoms with van der Waals surface area (Å²) in [5.74, 6) is 0.116. The first-order chi connectivity index (χ1) is 12.8. The molecule has 0 atom stereocenters. The first-order valence-electron chi connectivity index (χ1n) is 7.99. The Kier molecular flexibility index (Phi) is 5.07. The second-order valence-corrected chi connectivity index (χ2v) is 5.87. The van der Waals surface area contributed by atoms with Gasteiger partial charge < -0.3 is 4.74 Å². The van der Waals surface area contributed by atoms with Crippen molar-refractivity contribution in [3.8, 4) is 28.5 Å². The minimum Gasteiger partial charge on any atom is -0.428 e. The first-order valence-corrected chi connectivity index (χ1v) is 7.99. The average Bonchev–Trinajstić information content (AvgIpc) is 2.61. The molecule has 140 valence electrons. The van der Waals surface area contributed by atoms with Crippen LogP contribution in [0.1, 0.15) is 11.3 Å². The van der Waals surface area contributed by atoms with Crippen molar-refractivity contribution in [3.05, 3.63) is 59.9 Å². The van der Waals surface area contributed by atoms with Crippen molar-refractivity contribution in [1.82, 2.24) is 15.0 Å². The number of rotatable bonds is 5. The number of nitrogens with zero attached hydrogens (tertiary/aromatic N) is 3. The molecule has 0 bridgehead atoms. The summed E-state index contributed by atoms with van der Waals surface area (Å²) in [6.45, 7) is 3.49. The largest absolute Gasteiger partial charge is 0.461 e. The van der Waals surface area contributed by atoms with E-state index in [1.807, 2.05) is 6.92 Å². The predicted molar refractivity (Wildman–Crippen MR) is 91.8 cm³/mol. The Morgan fingerprint density at radius 2 is 1.70 bits per heavy atom. The number of halogens is 4. The minimum atomic E-state index is -4.55. The molecule has 8 heteroatoms. The van der Waals surface area contributed by atoms with E-state index in [0.717, 1.165) is 5.69 Å². The van der Waals surface area contributed by atoms with Gasteiger partial charge in [0.05, 0.1) is 5.69 Å². The Morgan fingerprint density at radius 1 is 0.963 bits per heavy atom. The van der Waals surface area contributed by atoms with E-state index in [2.05, 4.69) is 19.7 Å². The topological polar surface area (TPSA) is 47.9 Å². The second kappa shape index (κ2) is 7.30. The van der Waals surface area contributed by atoms with Crippen LogP contribution in [0.3, 0.4) is 0 Å². The molecule has 0 aliphatic heterocycles. The van der Waals surface area contributed by atoms with Crippen LogP contribution in [0.2, 0.25) is 0 Å². The summed E-state index contributed by atoms with van der Waals surface area (Å²) in [6, 6.07) is 11.0. The molecule has 4 nitrogen and oxygen atoms in total. The zero-order valence-corrected chi connectivity index (χ0v) is 14.5. The molecular formula is C19H15F4N3O. The number of alkyl halides is 4. The average molecular weight is 377 g/mol. The summed E-state index contributed by atoms with van der Waals surface area (Å²) in [5, 5.41) is 0. The van der Waals surface area contributed by atoms with E-state index >= 15 is 0 Å². The van der Waals surface area contributed by atoms with Gasteiger partial charge in [0.2, 0.25) is 0 Å². The zero-order valence-electron chi connectivity index (χ0n) is 14.5. The molecule has 0 spiro atoms. The summed E-state index contributed by atoms with van der Waals surface area (Å²) in [6.07, 6.45) is -6.83. The lowest BCUT2D eigenvalue weighted by molar-refractivity contribution is -0.253. The fourth-order valence-electron chi connectivity index (χ4n) is 2.47. The highest BCUT2D eigenvalue weighted by Gasteiger charge is 2.44. The lowest BCUT2D eigenvalue weighted by Crippen LogP contribution is -2.33. The molecule has 3 aromatic rings. The smallest absolute Gasteiger partial charge is 0.428 e. The van der Waals surface area contributed by atoms with E-state index in [9.17, 15) is 17.6 Å². The van der Waals surface area contributed by atoms with Crippen LogP contribution in [0.25, 0.3) is 22.8 Å². The Morgan fingerprint density at radius 3 is 2.37 bits per heavy atom. The lowest BCUT2D eigenvalue weighted by atomic mass is 10.0. The predicted octanol–water partition coefficient (Wildman–Crippen LogP) is 5.06. The Bertz CT molecular complexity index is 963.